The lowest BCUT2D eigenvalue weighted by Crippen LogP contribution is -1.97. The molecule has 3 aromatic rings. The molecule has 0 aliphatic heterocycles. The van der Waals surface area contributed by atoms with Crippen molar-refractivity contribution in [2.45, 2.75) is 6.42 Å². The lowest BCUT2D eigenvalue weighted by atomic mass is 9.88. The Balaban J connectivity index is 2.19. The van der Waals surface area contributed by atoms with Crippen LogP contribution in [0.4, 0.5) is 0 Å². The molecular weight excluding hydrogens is 363 g/mol. The van der Waals surface area contributed by atoms with Crippen LogP contribution in [-0.2, 0) is 0 Å². The van der Waals surface area contributed by atoms with Crippen molar-refractivity contribution in [2.75, 3.05) is 11.9 Å². The van der Waals surface area contributed by atoms with E-state index < -0.39 is 0 Å². The summed E-state index contributed by atoms with van der Waals surface area (Å²) in [6.07, 6.45) is 0.787. The molecule has 0 bridgehead atoms. The van der Waals surface area contributed by atoms with Gasteiger partial charge in [-0.25, -0.2) is 0 Å². The summed E-state index contributed by atoms with van der Waals surface area (Å²) in [7, 11) is 0. The van der Waals surface area contributed by atoms with Gasteiger partial charge in [-0.3, -0.25) is 0 Å². The first-order valence-corrected chi connectivity index (χ1v) is 9.59. The Kier molecular flexibility index (Phi) is 6.76. The van der Waals surface area contributed by atoms with Crippen LogP contribution >= 0.6 is 23.2 Å². The van der Waals surface area contributed by atoms with Gasteiger partial charge in [-0.15, -0.1) is 11.6 Å². The Morgan fingerprint density at radius 1 is 0.654 bits per heavy atom. The Bertz CT molecular complexity index is 840. The number of allylic oxidation sites excluding steroid dienone is 1. The van der Waals surface area contributed by atoms with E-state index in [1.807, 2.05) is 24.3 Å². The molecule has 0 aliphatic carbocycles. The van der Waals surface area contributed by atoms with Gasteiger partial charge in [0.1, 0.15) is 5.75 Å². The van der Waals surface area contributed by atoms with Crippen LogP contribution in [0.25, 0.3) is 11.1 Å². The average molecular weight is 383 g/mol. The summed E-state index contributed by atoms with van der Waals surface area (Å²) in [6, 6.07) is 29.0. The summed E-state index contributed by atoms with van der Waals surface area (Å²) in [5.74, 6) is 1.32. The second-order valence-corrected chi connectivity index (χ2v) is 6.40. The van der Waals surface area contributed by atoms with Crippen LogP contribution in [0.5, 0.6) is 5.75 Å². The van der Waals surface area contributed by atoms with Crippen LogP contribution in [0.1, 0.15) is 23.1 Å². The van der Waals surface area contributed by atoms with Crippen LogP contribution in [0, 0.1) is 0 Å². The molecule has 3 rings (SSSR count). The highest BCUT2D eigenvalue weighted by molar-refractivity contribution is 6.18. The van der Waals surface area contributed by atoms with Crippen molar-refractivity contribution in [3.8, 4) is 5.75 Å². The number of hydrogen-bond donors (Lipinski definition) is 0. The Hall–Kier alpha value is -2.22. The van der Waals surface area contributed by atoms with Crippen molar-refractivity contribution in [3.05, 3.63) is 102 Å². The molecule has 0 atom stereocenters. The zero-order valence-corrected chi connectivity index (χ0v) is 15.9. The van der Waals surface area contributed by atoms with Gasteiger partial charge >= 0.3 is 0 Å². The predicted octanol–water partition coefficient (Wildman–Crippen LogP) is 6.85. The first-order chi connectivity index (χ1) is 12.8. The first-order valence-electron chi connectivity index (χ1n) is 8.52. The predicted molar refractivity (Wildman–Crippen MR) is 112 cm³/mol. The maximum Gasteiger partial charge on any atom is 0.162 e. The number of ether oxygens (including phenoxy) is 1. The van der Waals surface area contributed by atoms with Crippen molar-refractivity contribution in [1.82, 2.24) is 0 Å². The van der Waals surface area contributed by atoms with Crippen LogP contribution < -0.4 is 4.74 Å². The molecule has 0 heterocycles. The summed E-state index contributed by atoms with van der Waals surface area (Å²) in [4.78, 5) is 0. The van der Waals surface area contributed by atoms with Gasteiger partial charge in [-0.2, -0.15) is 0 Å². The highest BCUT2D eigenvalue weighted by Gasteiger charge is 2.13. The number of benzene rings is 3. The Morgan fingerprint density at radius 2 is 1.19 bits per heavy atom. The van der Waals surface area contributed by atoms with Gasteiger partial charge in [0.2, 0.25) is 0 Å². The summed E-state index contributed by atoms with van der Waals surface area (Å²) in [5.41, 5.74) is 5.91. The molecule has 26 heavy (non-hydrogen) atoms. The number of hydrogen-bond acceptors (Lipinski definition) is 1. The molecule has 132 valence electrons. The molecule has 0 saturated heterocycles. The van der Waals surface area contributed by atoms with Crippen molar-refractivity contribution in [2.24, 2.45) is 0 Å². The molecule has 0 radical (unpaired) electrons. The van der Waals surface area contributed by atoms with Gasteiger partial charge in [0.05, 0.1) is 0 Å². The van der Waals surface area contributed by atoms with Gasteiger partial charge in [0.25, 0.3) is 0 Å². The second kappa shape index (κ2) is 9.47. The molecule has 0 unspecified atom stereocenters. The van der Waals surface area contributed by atoms with E-state index in [2.05, 4.69) is 60.7 Å². The van der Waals surface area contributed by atoms with Crippen LogP contribution in [-0.4, -0.2) is 11.9 Å². The minimum Gasteiger partial charge on any atom is -0.478 e. The highest BCUT2D eigenvalue weighted by atomic mass is 35.5. The minimum atomic E-state index is 0.141. The monoisotopic (exact) mass is 382 g/mol. The molecule has 3 aromatic carbocycles. The lowest BCUT2D eigenvalue weighted by molar-refractivity contribution is 0.388. The molecule has 3 heteroatoms. The summed E-state index contributed by atoms with van der Waals surface area (Å²) >= 11 is 11.8. The number of rotatable bonds is 7. The normalized spacial score (nSPS) is 11.8. The zero-order chi connectivity index (χ0) is 18.2. The van der Waals surface area contributed by atoms with Crippen LogP contribution in [0.3, 0.4) is 0 Å². The van der Waals surface area contributed by atoms with Gasteiger partial charge in [-0.05, 0) is 46.4 Å². The van der Waals surface area contributed by atoms with E-state index in [1.165, 1.54) is 22.3 Å². The molecule has 0 spiro atoms. The van der Waals surface area contributed by atoms with E-state index in [9.17, 15) is 0 Å². The zero-order valence-electron chi connectivity index (χ0n) is 14.4. The second-order valence-electron chi connectivity index (χ2n) is 5.80. The summed E-state index contributed by atoms with van der Waals surface area (Å²) < 4.78 is 5.37. The van der Waals surface area contributed by atoms with E-state index in [-0.39, 0.29) is 6.07 Å². The van der Waals surface area contributed by atoms with Crippen molar-refractivity contribution in [1.29, 1.82) is 0 Å². The third kappa shape index (κ3) is 4.49. The average Bonchev–Trinajstić information content (AvgIpc) is 2.70. The SMILES string of the molecule is ClCC/C(=C(\c1ccccc1)c1ccc(OCCl)cc1)c1ccccc1. The standard InChI is InChI=1S/C23H20Cl2O/c24-16-15-22(18-7-3-1-4-8-18)23(19-9-5-2-6-10-19)20-11-13-21(14-12-20)26-17-25/h1-14H,15-17H2/b23-22-. The molecular formula is C23H20Cl2O. The third-order valence-corrected chi connectivity index (χ3v) is 4.49. The summed E-state index contributed by atoms with van der Waals surface area (Å²) in [6.45, 7) is 0. The van der Waals surface area contributed by atoms with E-state index in [1.54, 1.807) is 0 Å². The van der Waals surface area contributed by atoms with Crippen LogP contribution in [0.2, 0.25) is 0 Å². The smallest absolute Gasteiger partial charge is 0.162 e. The fourth-order valence-corrected chi connectivity index (χ4v) is 3.36. The van der Waals surface area contributed by atoms with Gasteiger partial charge in [0.15, 0.2) is 6.07 Å². The molecule has 0 saturated carbocycles. The van der Waals surface area contributed by atoms with E-state index in [0.29, 0.717) is 5.88 Å². The van der Waals surface area contributed by atoms with Gasteiger partial charge in [0, 0.05) is 5.88 Å². The fraction of sp³-hybridized carbons (Fsp3) is 0.130. The maximum atomic E-state index is 6.16. The highest BCUT2D eigenvalue weighted by Crippen LogP contribution is 2.35. The van der Waals surface area contributed by atoms with E-state index in [4.69, 9.17) is 27.9 Å². The molecule has 0 aliphatic rings. The maximum absolute atomic E-state index is 6.16. The third-order valence-electron chi connectivity index (χ3n) is 4.20. The Morgan fingerprint density at radius 3 is 1.73 bits per heavy atom. The first kappa shape index (κ1) is 18.6. The molecule has 1 nitrogen and oxygen atoms in total. The lowest BCUT2D eigenvalue weighted by Gasteiger charge is -2.17. The molecule has 0 fully saturated rings. The molecule has 0 aromatic heterocycles. The topological polar surface area (TPSA) is 9.23 Å². The Labute approximate surface area is 164 Å². The largest absolute Gasteiger partial charge is 0.478 e. The summed E-state index contributed by atoms with van der Waals surface area (Å²) in [5, 5.41) is 0. The molecule has 0 amide bonds. The fourth-order valence-electron chi connectivity index (χ4n) is 3.05. The van der Waals surface area contributed by atoms with Crippen molar-refractivity contribution < 1.29 is 4.74 Å². The number of alkyl halides is 2. The van der Waals surface area contributed by atoms with Crippen molar-refractivity contribution >= 4 is 34.3 Å². The number of halogens is 2. The molecule has 0 N–H and O–H groups in total. The van der Waals surface area contributed by atoms with Gasteiger partial charge in [-0.1, -0.05) is 84.4 Å². The minimum absolute atomic E-state index is 0.141. The quantitative estimate of drug-likeness (QED) is 0.320. The van der Waals surface area contributed by atoms with E-state index >= 15 is 0 Å². The van der Waals surface area contributed by atoms with Crippen molar-refractivity contribution in [3.63, 3.8) is 0 Å². The van der Waals surface area contributed by atoms with E-state index in [0.717, 1.165) is 17.7 Å². The van der Waals surface area contributed by atoms with Gasteiger partial charge < -0.3 is 4.74 Å². The van der Waals surface area contributed by atoms with Crippen LogP contribution in [0.15, 0.2) is 84.9 Å².